The summed E-state index contributed by atoms with van der Waals surface area (Å²) in [6, 6.07) is 11.7. The Morgan fingerprint density at radius 2 is 1.59 bits per heavy atom. The van der Waals surface area contributed by atoms with Gasteiger partial charge in [-0.1, -0.05) is 13.3 Å². The molecule has 0 saturated carbocycles. The van der Waals surface area contributed by atoms with E-state index < -0.39 is 11.7 Å². The second-order valence-electron chi connectivity index (χ2n) is 6.08. The van der Waals surface area contributed by atoms with E-state index in [0.717, 1.165) is 29.0 Å². The predicted molar refractivity (Wildman–Crippen MR) is 104 cm³/mol. The molecule has 27 heavy (non-hydrogen) atoms. The van der Waals surface area contributed by atoms with E-state index >= 15 is 0 Å². The molecule has 0 fully saturated rings. The zero-order valence-corrected chi connectivity index (χ0v) is 16.0. The van der Waals surface area contributed by atoms with Crippen molar-refractivity contribution in [1.82, 2.24) is 4.57 Å². The van der Waals surface area contributed by atoms with Gasteiger partial charge in [0.2, 0.25) is 0 Å². The summed E-state index contributed by atoms with van der Waals surface area (Å²) >= 11 is 1.47. The highest BCUT2D eigenvalue weighted by Gasteiger charge is 2.15. The van der Waals surface area contributed by atoms with Gasteiger partial charge in [0.15, 0.2) is 4.80 Å². The number of nitrogens with zero attached hydrogens (tertiary/aromatic N) is 2. The quantitative estimate of drug-likeness (QED) is 0.593. The molecular weight excluding hydrogens is 366 g/mol. The number of amides is 1. The van der Waals surface area contributed by atoms with Crippen molar-refractivity contribution < 1.29 is 13.6 Å². The van der Waals surface area contributed by atoms with Crippen LogP contribution >= 0.6 is 11.3 Å². The highest BCUT2D eigenvalue weighted by atomic mass is 32.1. The fourth-order valence-corrected chi connectivity index (χ4v) is 4.21. The average molecular weight is 386 g/mol. The van der Waals surface area contributed by atoms with Gasteiger partial charge in [0.25, 0.3) is 5.91 Å². The first-order valence-corrected chi connectivity index (χ1v) is 9.68. The number of thiazole rings is 1. The zero-order chi connectivity index (χ0) is 19.4. The Morgan fingerprint density at radius 1 is 1.00 bits per heavy atom. The number of rotatable bonds is 5. The fraction of sp³-hybridized carbons (Fsp3) is 0.238. The van der Waals surface area contributed by atoms with Crippen LogP contribution in [0.15, 0.2) is 53.5 Å². The van der Waals surface area contributed by atoms with Crippen LogP contribution in [0.4, 0.5) is 8.78 Å². The lowest BCUT2D eigenvalue weighted by molar-refractivity contribution is 0.0998. The maximum absolute atomic E-state index is 13.3. The van der Waals surface area contributed by atoms with E-state index in [1.165, 1.54) is 47.7 Å². The summed E-state index contributed by atoms with van der Waals surface area (Å²) in [5, 5.41) is 0. The van der Waals surface area contributed by atoms with Crippen molar-refractivity contribution in [2.24, 2.45) is 4.99 Å². The summed E-state index contributed by atoms with van der Waals surface area (Å²) in [6.45, 7) is 4.70. The molecule has 0 aliphatic rings. The number of hydrogen-bond donors (Lipinski definition) is 0. The SMILES string of the molecule is CCCc1sc(=NC(=O)c2ccc(F)cc2)n(CC)c1-c1ccc(F)cc1. The van der Waals surface area contributed by atoms with Crippen molar-refractivity contribution in [3.8, 4) is 11.3 Å². The molecule has 0 saturated heterocycles. The molecule has 3 nitrogen and oxygen atoms in total. The van der Waals surface area contributed by atoms with Crippen LogP contribution in [0.1, 0.15) is 35.5 Å². The van der Waals surface area contributed by atoms with E-state index in [1.54, 1.807) is 12.1 Å². The van der Waals surface area contributed by atoms with Crippen molar-refractivity contribution >= 4 is 17.2 Å². The first kappa shape index (κ1) is 19.2. The molecule has 3 rings (SSSR count). The molecule has 3 aromatic rings. The Bertz CT molecular complexity index is 1000. The molecule has 0 aliphatic heterocycles. The van der Waals surface area contributed by atoms with Crippen LogP contribution in [0, 0.1) is 11.6 Å². The van der Waals surface area contributed by atoms with E-state index in [1.807, 2.05) is 11.5 Å². The molecule has 0 N–H and O–H groups in total. The summed E-state index contributed by atoms with van der Waals surface area (Å²) in [5.41, 5.74) is 2.21. The fourth-order valence-electron chi connectivity index (χ4n) is 2.90. The topological polar surface area (TPSA) is 34.4 Å². The second-order valence-corrected chi connectivity index (χ2v) is 7.14. The lowest BCUT2D eigenvalue weighted by Gasteiger charge is -2.09. The third kappa shape index (κ3) is 4.22. The molecule has 2 aromatic carbocycles. The van der Waals surface area contributed by atoms with Gasteiger partial charge in [0, 0.05) is 17.0 Å². The molecule has 0 atom stereocenters. The van der Waals surface area contributed by atoms with Gasteiger partial charge in [-0.05, 0) is 67.4 Å². The van der Waals surface area contributed by atoms with Crippen molar-refractivity contribution in [3.63, 3.8) is 0 Å². The van der Waals surface area contributed by atoms with Crippen LogP contribution in [-0.2, 0) is 13.0 Å². The highest BCUT2D eigenvalue weighted by Crippen LogP contribution is 2.27. The standard InChI is InChI=1S/C21H20F2N2OS/c1-3-5-18-19(14-6-10-16(22)11-7-14)25(4-2)21(27-18)24-20(26)15-8-12-17(23)13-9-15/h6-13H,3-5H2,1-2H3. The van der Waals surface area contributed by atoms with Gasteiger partial charge in [0.05, 0.1) is 5.69 Å². The normalized spacial score (nSPS) is 11.8. The molecule has 0 radical (unpaired) electrons. The molecule has 1 amide bonds. The predicted octanol–water partition coefficient (Wildman–Crippen LogP) is 5.21. The molecule has 0 aliphatic carbocycles. The molecule has 0 bridgehead atoms. The minimum atomic E-state index is -0.410. The maximum atomic E-state index is 13.3. The van der Waals surface area contributed by atoms with E-state index in [4.69, 9.17) is 0 Å². The number of aromatic nitrogens is 1. The molecule has 0 unspecified atom stereocenters. The van der Waals surface area contributed by atoms with Crippen LogP contribution in [0.3, 0.4) is 0 Å². The van der Waals surface area contributed by atoms with Gasteiger partial charge in [0.1, 0.15) is 11.6 Å². The lowest BCUT2D eigenvalue weighted by Crippen LogP contribution is -2.17. The second kappa shape index (κ2) is 8.39. The summed E-state index contributed by atoms with van der Waals surface area (Å²) in [7, 11) is 0. The van der Waals surface area contributed by atoms with Crippen molar-refractivity contribution in [3.05, 3.63) is 75.4 Å². The van der Waals surface area contributed by atoms with E-state index in [0.29, 0.717) is 16.9 Å². The van der Waals surface area contributed by atoms with Gasteiger partial charge in [-0.25, -0.2) is 8.78 Å². The van der Waals surface area contributed by atoms with E-state index in [9.17, 15) is 13.6 Å². The number of aryl methyl sites for hydroxylation is 1. The summed E-state index contributed by atoms with van der Waals surface area (Å²) in [6.07, 6.45) is 1.79. The maximum Gasteiger partial charge on any atom is 0.279 e. The van der Waals surface area contributed by atoms with Crippen molar-refractivity contribution in [2.75, 3.05) is 0 Å². The Morgan fingerprint density at radius 3 is 2.15 bits per heavy atom. The molecule has 1 aromatic heterocycles. The van der Waals surface area contributed by atoms with Crippen LogP contribution in [0.2, 0.25) is 0 Å². The van der Waals surface area contributed by atoms with Gasteiger partial charge >= 0.3 is 0 Å². The molecular formula is C21H20F2N2OS. The lowest BCUT2D eigenvalue weighted by atomic mass is 10.1. The third-order valence-electron chi connectivity index (χ3n) is 4.18. The first-order valence-electron chi connectivity index (χ1n) is 8.86. The Balaban J connectivity index is 2.13. The van der Waals surface area contributed by atoms with Crippen molar-refractivity contribution in [2.45, 2.75) is 33.2 Å². The smallest absolute Gasteiger partial charge is 0.279 e. The van der Waals surface area contributed by atoms with Crippen LogP contribution in [-0.4, -0.2) is 10.5 Å². The van der Waals surface area contributed by atoms with Crippen LogP contribution in [0.5, 0.6) is 0 Å². The number of hydrogen-bond acceptors (Lipinski definition) is 2. The number of carbonyl (C=O) groups is 1. The third-order valence-corrected chi connectivity index (χ3v) is 5.32. The van der Waals surface area contributed by atoms with Crippen LogP contribution < -0.4 is 4.80 Å². The van der Waals surface area contributed by atoms with Crippen LogP contribution in [0.25, 0.3) is 11.3 Å². The molecule has 0 spiro atoms. The Hall–Kier alpha value is -2.60. The van der Waals surface area contributed by atoms with Gasteiger partial charge in [-0.15, -0.1) is 11.3 Å². The number of benzene rings is 2. The summed E-state index contributed by atoms with van der Waals surface area (Å²) in [4.78, 5) is 18.5. The average Bonchev–Trinajstić information content (AvgIpc) is 3.00. The van der Waals surface area contributed by atoms with E-state index in [-0.39, 0.29) is 5.82 Å². The Labute approximate surface area is 160 Å². The minimum Gasteiger partial charge on any atom is -0.316 e. The van der Waals surface area contributed by atoms with Crippen molar-refractivity contribution in [1.29, 1.82) is 0 Å². The Kier molecular flexibility index (Phi) is 5.96. The highest BCUT2D eigenvalue weighted by molar-refractivity contribution is 7.09. The molecule has 1 heterocycles. The monoisotopic (exact) mass is 386 g/mol. The van der Waals surface area contributed by atoms with E-state index in [2.05, 4.69) is 11.9 Å². The first-order chi connectivity index (χ1) is 13.0. The van der Waals surface area contributed by atoms with Gasteiger partial charge in [-0.2, -0.15) is 4.99 Å². The minimum absolute atomic E-state index is 0.287. The molecule has 6 heteroatoms. The summed E-state index contributed by atoms with van der Waals surface area (Å²) < 4.78 is 28.4. The molecule has 140 valence electrons. The summed E-state index contributed by atoms with van der Waals surface area (Å²) in [5.74, 6) is -1.09. The van der Waals surface area contributed by atoms with Gasteiger partial charge < -0.3 is 4.57 Å². The van der Waals surface area contributed by atoms with Gasteiger partial charge in [-0.3, -0.25) is 4.79 Å². The zero-order valence-electron chi connectivity index (χ0n) is 15.2. The number of halogens is 2. The largest absolute Gasteiger partial charge is 0.316 e. The number of carbonyl (C=O) groups excluding carboxylic acids is 1.